The van der Waals surface area contributed by atoms with Crippen LogP contribution in [0.5, 0.6) is 0 Å². The van der Waals surface area contributed by atoms with E-state index < -0.39 is 16.0 Å². The highest BCUT2D eigenvalue weighted by molar-refractivity contribution is 7.92. The van der Waals surface area contributed by atoms with Gasteiger partial charge >= 0.3 is 5.97 Å². The Morgan fingerprint density at radius 1 is 1.29 bits per heavy atom. The molecule has 0 unspecified atom stereocenters. The van der Waals surface area contributed by atoms with Crippen LogP contribution in [0, 0.1) is 13.8 Å². The second kappa shape index (κ2) is 5.57. The number of benzene rings is 1. The van der Waals surface area contributed by atoms with E-state index in [1.165, 1.54) is 19.1 Å². The Bertz CT molecular complexity index is 743. The molecule has 0 aliphatic rings. The molecule has 2 N–H and O–H groups in total. The first-order chi connectivity index (χ1) is 9.79. The van der Waals surface area contributed by atoms with Crippen LogP contribution >= 0.6 is 0 Å². The lowest BCUT2D eigenvalue weighted by atomic mass is 10.1. The van der Waals surface area contributed by atoms with E-state index in [1.807, 2.05) is 0 Å². The van der Waals surface area contributed by atoms with Crippen molar-refractivity contribution in [3.8, 4) is 0 Å². The number of aromatic nitrogens is 1. The van der Waals surface area contributed by atoms with Crippen LogP contribution in [0.4, 0.5) is 5.69 Å². The number of nitrogens with zero attached hydrogens (tertiary/aromatic N) is 1. The van der Waals surface area contributed by atoms with Crippen LogP contribution in [0.25, 0.3) is 0 Å². The number of hydrogen-bond donors (Lipinski definition) is 2. The summed E-state index contributed by atoms with van der Waals surface area (Å²) in [6.45, 7) is 3.06. The molecule has 21 heavy (non-hydrogen) atoms. The highest BCUT2D eigenvalue weighted by atomic mass is 32.2. The zero-order valence-electron chi connectivity index (χ0n) is 11.5. The second-order valence-corrected chi connectivity index (χ2v) is 6.15. The third kappa shape index (κ3) is 3.40. The highest BCUT2D eigenvalue weighted by Gasteiger charge is 2.24. The van der Waals surface area contributed by atoms with Gasteiger partial charge in [-0.25, -0.2) is 8.42 Å². The normalized spacial score (nSPS) is 11.3. The summed E-state index contributed by atoms with van der Waals surface area (Å²) < 4.78 is 31.8. The van der Waals surface area contributed by atoms with E-state index in [0.717, 1.165) is 0 Å². The lowest BCUT2D eigenvalue weighted by Crippen LogP contribution is -2.14. The SMILES string of the molecule is Cc1noc(C)c1S(=O)(=O)Nc1ccc(CC(=O)O)cc1. The van der Waals surface area contributed by atoms with Crippen LogP contribution < -0.4 is 4.72 Å². The van der Waals surface area contributed by atoms with Crippen LogP contribution in [-0.4, -0.2) is 24.7 Å². The van der Waals surface area contributed by atoms with E-state index in [2.05, 4.69) is 9.88 Å². The zero-order chi connectivity index (χ0) is 15.6. The molecule has 1 heterocycles. The topological polar surface area (TPSA) is 110 Å². The molecule has 1 aromatic heterocycles. The Morgan fingerprint density at radius 3 is 2.38 bits per heavy atom. The van der Waals surface area contributed by atoms with Crippen LogP contribution in [0.15, 0.2) is 33.7 Å². The molecule has 0 aliphatic carbocycles. The van der Waals surface area contributed by atoms with Crippen molar-refractivity contribution in [2.75, 3.05) is 4.72 Å². The number of sulfonamides is 1. The van der Waals surface area contributed by atoms with Crippen molar-refractivity contribution in [3.05, 3.63) is 41.3 Å². The van der Waals surface area contributed by atoms with Crippen LogP contribution in [-0.2, 0) is 21.2 Å². The van der Waals surface area contributed by atoms with E-state index in [1.54, 1.807) is 19.1 Å². The fourth-order valence-corrected chi connectivity index (χ4v) is 3.32. The summed E-state index contributed by atoms with van der Waals surface area (Å²) >= 11 is 0. The van der Waals surface area contributed by atoms with E-state index >= 15 is 0 Å². The molecular weight excluding hydrogens is 296 g/mol. The van der Waals surface area contributed by atoms with Gasteiger partial charge in [0.15, 0.2) is 10.7 Å². The average Bonchev–Trinajstić information content (AvgIpc) is 2.71. The van der Waals surface area contributed by atoms with Crippen molar-refractivity contribution in [1.82, 2.24) is 5.16 Å². The van der Waals surface area contributed by atoms with Crippen molar-refractivity contribution in [3.63, 3.8) is 0 Å². The fourth-order valence-electron chi connectivity index (χ4n) is 1.93. The summed E-state index contributed by atoms with van der Waals surface area (Å²) in [6.07, 6.45) is -0.114. The number of hydrogen-bond acceptors (Lipinski definition) is 5. The molecule has 0 saturated carbocycles. The second-order valence-electron chi connectivity index (χ2n) is 4.53. The number of carboxylic acid groups (broad SMARTS) is 1. The molecule has 8 heteroatoms. The maximum atomic E-state index is 12.3. The zero-order valence-corrected chi connectivity index (χ0v) is 12.3. The van der Waals surface area contributed by atoms with Gasteiger partial charge in [0, 0.05) is 5.69 Å². The molecule has 7 nitrogen and oxygen atoms in total. The minimum atomic E-state index is -3.79. The molecule has 112 valence electrons. The summed E-state index contributed by atoms with van der Waals surface area (Å²) in [6, 6.07) is 6.13. The molecule has 0 fully saturated rings. The number of carboxylic acids is 1. The largest absolute Gasteiger partial charge is 0.481 e. The van der Waals surface area contributed by atoms with Crippen molar-refractivity contribution in [2.45, 2.75) is 25.2 Å². The maximum Gasteiger partial charge on any atom is 0.307 e. The Morgan fingerprint density at radius 2 is 1.90 bits per heavy atom. The van der Waals surface area contributed by atoms with Gasteiger partial charge in [-0.1, -0.05) is 17.3 Å². The first-order valence-corrected chi connectivity index (χ1v) is 7.54. The third-order valence-corrected chi connectivity index (χ3v) is 4.42. The lowest BCUT2D eigenvalue weighted by Gasteiger charge is -2.08. The number of aliphatic carboxylic acids is 1. The lowest BCUT2D eigenvalue weighted by molar-refractivity contribution is -0.136. The Kier molecular flexibility index (Phi) is 3.99. The van der Waals surface area contributed by atoms with Gasteiger partial charge in [-0.2, -0.15) is 0 Å². The monoisotopic (exact) mass is 310 g/mol. The number of anilines is 1. The summed E-state index contributed by atoms with van der Waals surface area (Å²) in [4.78, 5) is 10.6. The van der Waals surface area contributed by atoms with Gasteiger partial charge in [-0.3, -0.25) is 9.52 Å². The minimum Gasteiger partial charge on any atom is -0.481 e. The number of carbonyl (C=O) groups is 1. The number of aryl methyl sites for hydroxylation is 2. The summed E-state index contributed by atoms with van der Waals surface area (Å²) in [7, 11) is -3.79. The van der Waals surface area contributed by atoms with Crippen molar-refractivity contribution < 1.29 is 22.8 Å². The van der Waals surface area contributed by atoms with Gasteiger partial charge in [0.25, 0.3) is 10.0 Å². The molecular formula is C13H14N2O5S. The molecule has 0 aliphatic heterocycles. The van der Waals surface area contributed by atoms with Crippen molar-refractivity contribution in [2.24, 2.45) is 0 Å². The van der Waals surface area contributed by atoms with Gasteiger partial charge in [0.2, 0.25) is 0 Å². The smallest absolute Gasteiger partial charge is 0.307 e. The fraction of sp³-hybridized carbons (Fsp3) is 0.231. The van der Waals surface area contributed by atoms with Gasteiger partial charge in [0.1, 0.15) is 5.69 Å². The van der Waals surface area contributed by atoms with E-state index in [9.17, 15) is 13.2 Å². The minimum absolute atomic E-state index is 0.0112. The van der Waals surface area contributed by atoms with Gasteiger partial charge in [-0.15, -0.1) is 0 Å². The molecule has 0 spiro atoms. The predicted molar refractivity (Wildman–Crippen MR) is 74.6 cm³/mol. The highest BCUT2D eigenvalue weighted by Crippen LogP contribution is 2.22. The third-order valence-electron chi connectivity index (χ3n) is 2.80. The molecule has 1 aromatic carbocycles. The Hall–Kier alpha value is -2.35. The first kappa shape index (κ1) is 15.0. The quantitative estimate of drug-likeness (QED) is 0.870. The van der Waals surface area contributed by atoms with Gasteiger partial charge < -0.3 is 9.63 Å². The van der Waals surface area contributed by atoms with Crippen LogP contribution in [0.3, 0.4) is 0 Å². The summed E-state index contributed by atoms with van der Waals surface area (Å²) in [5, 5.41) is 12.3. The molecule has 2 rings (SSSR count). The van der Waals surface area contributed by atoms with Crippen molar-refractivity contribution in [1.29, 1.82) is 0 Å². The predicted octanol–water partition coefficient (Wildman–Crippen LogP) is 1.72. The molecule has 0 amide bonds. The first-order valence-electron chi connectivity index (χ1n) is 6.06. The van der Waals surface area contributed by atoms with Crippen LogP contribution in [0.1, 0.15) is 17.0 Å². The Labute approximate surface area is 121 Å². The van der Waals surface area contributed by atoms with Gasteiger partial charge in [-0.05, 0) is 31.5 Å². The molecule has 0 atom stereocenters. The Balaban J connectivity index is 2.23. The maximum absolute atomic E-state index is 12.3. The van der Waals surface area contributed by atoms with E-state index in [4.69, 9.17) is 9.63 Å². The van der Waals surface area contributed by atoms with Gasteiger partial charge in [0.05, 0.1) is 6.42 Å². The summed E-state index contributed by atoms with van der Waals surface area (Å²) in [5.41, 5.74) is 1.20. The standard InChI is InChI=1S/C13H14N2O5S/c1-8-13(9(2)20-14-8)21(18,19)15-11-5-3-10(4-6-11)7-12(16)17/h3-6,15H,7H2,1-2H3,(H,16,17). The molecule has 2 aromatic rings. The number of nitrogens with one attached hydrogen (secondary N) is 1. The average molecular weight is 310 g/mol. The van der Waals surface area contributed by atoms with Crippen molar-refractivity contribution >= 4 is 21.7 Å². The molecule has 0 bridgehead atoms. The summed E-state index contributed by atoms with van der Waals surface area (Å²) in [5.74, 6) is -0.735. The van der Waals surface area contributed by atoms with Crippen LogP contribution in [0.2, 0.25) is 0 Å². The molecule has 0 radical (unpaired) electrons. The van der Waals surface area contributed by atoms with E-state index in [-0.39, 0.29) is 22.8 Å². The number of rotatable bonds is 5. The van der Waals surface area contributed by atoms with E-state index in [0.29, 0.717) is 11.3 Å². The molecule has 0 saturated heterocycles.